The van der Waals surface area contributed by atoms with Gasteiger partial charge in [0, 0.05) is 18.9 Å². The number of likely N-dealkylation sites (tertiary alicyclic amines) is 1. The Morgan fingerprint density at radius 3 is 2.87 bits per heavy atom. The molecule has 1 aromatic carbocycles. The topological polar surface area (TPSA) is 46.5 Å². The van der Waals surface area contributed by atoms with Gasteiger partial charge in [-0.2, -0.15) is 0 Å². The summed E-state index contributed by atoms with van der Waals surface area (Å²) in [6.45, 7) is 1.35. The highest BCUT2D eigenvalue weighted by Gasteiger charge is 2.29. The van der Waals surface area contributed by atoms with Crippen molar-refractivity contribution in [3.63, 3.8) is 0 Å². The first-order valence-electron chi connectivity index (χ1n) is 7.97. The van der Waals surface area contributed by atoms with Crippen molar-refractivity contribution in [3.05, 3.63) is 48.3 Å². The maximum Gasteiger partial charge on any atom is 0.238 e. The second kappa shape index (κ2) is 6.87. The fourth-order valence-corrected chi connectivity index (χ4v) is 3.29. The summed E-state index contributed by atoms with van der Waals surface area (Å²) in [5.41, 5.74) is 1.99. The minimum Gasteiger partial charge on any atom is -0.495 e. The van der Waals surface area contributed by atoms with E-state index in [1.807, 2.05) is 24.3 Å². The van der Waals surface area contributed by atoms with Gasteiger partial charge in [-0.1, -0.05) is 12.1 Å². The Balaban J connectivity index is 1.66. The molecule has 1 aromatic heterocycles. The summed E-state index contributed by atoms with van der Waals surface area (Å²) < 4.78 is 7.42. The zero-order valence-corrected chi connectivity index (χ0v) is 13.7. The van der Waals surface area contributed by atoms with E-state index in [9.17, 15) is 4.79 Å². The Labute approximate surface area is 136 Å². The molecular weight excluding hydrogens is 290 g/mol. The van der Waals surface area contributed by atoms with Crippen molar-refractivity contribution in [1.82, 2.24) is 9.47 Å². The summed E-state index contributed by atoms with van der Waals surface area (Å²) >= 11 is 0. The van der Waals surface area contributed by atoms with E-state index >= 15 is 0 Å². The number of hydrogen-bond donors (Lipinski definition) is 1. The van der Waals surface area contributed by atoms with E-state index in [0.717, 1.165) is 25.1 Å². The molecule has 0 radical (unpaired) electrons. The number of ether oxygens (including phenoxy) is 1. The SMILES string of the molecule is COc1ccccc1NC(=O)CN1CCC[C@H]1c1cccn1C. The average Bonchev–Trinajstić information content (AvgIpc) is 3.16. The Kier molecular flexibility index (Phi) is 4.67. The molecule has 23 heavy (non-hydrogen) atoms. The molecule has 122 valence electrons. The highest BCUT2D eigenvalue weighted by molar-refractivity contribution is 5.93. The average molecular weight is 313 g/mol. The van der Waals surface area contributed by atoms with Gasteiger partial charge in [-0.25, -0.2) is 0 Å². The second-order valence-corrected chi connectivity index (χ2v) is 5.92. The quantitative estimate of drug-likeness (QED) is 0.923. The van der Waals surface area contributed by atoms with E-state index in [4.69, 9.17) is 4.74 Å². The Morgan fingerprint density at radius 1 is 1.30 bits per heavy atom. The van der Waals surface area contributed by atoms with Gasteiger partial charge in [0.2, 0.25) is 5.91 Å². The van der Waals surface area contributed by atoms with E-state index in [1.165, 1.54) is 5.69 Å². The van der Waals surface area contributed by atoms with Crippen LogP contribution in [0.25, 0.3) is 0 Å². The maximum atomic E-state index is 12.4. The van der Waals surface area contributed by atoms with E-state index in [2.05, 4.69) is 40.2 Å². The summed E-state index contributed by atoms with van der Waals surface area (Å²) in [5, 5.41) is 2.96. The second-order valence-electron chi connectivity index (χ2n) is 5.92. The van der Waals surface area contributed by atoms with Gasteiger partial charge in [-0.05, 0) is 43.7 Å². The standard InChI is InChI=1S/C18H23N3O2/c1-20-11-5-8-15(20)16-9-6-12-21(16)13-18(22)19-14-7-3-4-10-17(14)23-2/h3-5,7-8,10-11,16H,6,9,12-13H2,1-2H3,(H,19,22)/t16-/m0/s1. The Morgan fingerprint density at radius 2 is 2.13 bits per heavy atom. The van der Waals surface area contributed by atoms with E-state index < -0.39 is 0 Å². The molecule has 2 aromatic rings. The molecule has 0 saturated carbocycles. The van der Waals surface area contributed by atoms with Crippen LogP contribution in [0.1, 0.15) is 24.6 Å². The third-order valence-electron chi connectivity index (χ3n) is 4.42. The summed E-state index contributed by atoms with van der Waals surface area (Å²) in [5.74, 6) is 0.678. The van der Waals surface area contributed by atoms with Crippen LogP contribution in [0.4, 0.5) is 5.69 Å². The van der Waals surface area contributed by atoms with Gasteiger partial charge >= 0.3 is 0 Å². The number of aryl methyl sites for hydroxylation is 1. The van der Waals surface area contributed by atoms with Gasteiger partial charge < -0.3 is 14.6 Å². The summed E-state index contributed by atoms with van der Waals surface area (Å²) in [6.07, 6.45) is 4.28. The normalized spacial score (nSPS) is 18.1. The predicted molar refractivity (Wildman–Crippen MR) is 90.6 cm³/mol. The fraction of sp³-hybridized carbons (Fsp3) is 0.389. The highest BCUT2D eigenvalue weighted by atomic mass is 16.5. The third kappa shape index (κ3) is 3.40. The number of hydrogen-bond acceptors (Lipinski definition) is 3. The molecule has 2 heterocycles. The van der Waals surface area contributed by atoms with Crippen molar-refractivity contribution in [2.75, 3.05) is 25.5 Å². The molecule has 1 aliphatic rings. The van der Waals surface area contributed by atoms with Gasteiger partial charge in [-0.3, -0.25) is 9.69 Å². The zero-order chi connectivity index (χ0) is 16.2. The minimum absolute atomic E-state index is 0.00407. The van der Waals surface area contributed by atoms with E-state index in [1.54, 1.807) is 7.11 Å². The Bertz CT molecular complexity index is 680. The molecule has 1 aliphatic heterocycles. The van der Waals surface area contributed by atoms with Gasteiger partial charge in [-0.15, -0.1) is 0 Å². The van der Waals surface area contributed by atoms with Crippen molar-refractivity contribution >= 4 is 11.6 Å². The monoisotopic (exact) mass is 313 g/mol. The molecule has 0 unspecified atom stereocenters. The molecule has 0 bridgehead atoms. The first-order chi connectivity index (χ1) is 11.2. The third-order valence-corrected chi connectivity index (χ3v) is 4.42. The number of carbonyl (C=O) groups is 1. The van der Waals surface area contributed by atoms with Crippen LogP contribution < -0.4 is 10.1 Å². The van der Waals surface area contributed by atoms with Crippen LogP contribution in [0, 0.1) is 0 Å². The van der Waals surface area contributed by atoms with Crippen molar-refractivity contribution in [2.24, 2.45) is 7.05 Å². The predicted octanol–water partition coefficient (Wildman–Crippen LogP) is 2.81. The van der Waals surface area contributed by atoms with Gasteiger partial charge in [0.1, 0.15) is 5.75 Å². The number of aromatic nitrogens is 1. The lowest BCUT2D eigenvalue weighted by Gasteiger charge is -2.24. The number of rotatable bonds is 5. The first-order valence-corrected chi connectivity index (χ1v) is 7.97. The van der Waals surface area contributed by atoms with Gasteiger partial charge in [0.25, 0.3) is 0 Å². The minimum atomic E-state index is -0.00407. The Hall–Kier alpha value is -2.27. The molecule has 1 fully saturated rings. The molecule has 1 amide bonds. The van der Waals surface area contributed by atoms with Crippen molar-refractivity contribution in [3.8, 4) is 5.75 Å². The fourth-order valence-electron chi connectivity index (χ4n) is 3.29. The molecular formula is C18H23N3O2. The smallest absolute Gasteiger partial charge is 0.238 e. The molecule has 1 saturated heterocycles. The van der Waals surface area contributed by atoms with E-state index in [-0.39, 0.29) is 5.91 Å². The highest BCUT2D eigenvalue weighted by Crippen LogP contribution is 2.31. The van der Waals surface area contributed by atoms with Crippen molar-refractivity contribution in [1.29, 1.82) is 0 Å². The summed E-state index contributed by atoms with van der Waals surface area (Å²) in [4.78, 5) is 14.7. The van der Waals surface area contributed by atoms with Crippen LogP contribution in [-0.2, 0) is 11.8 Å². The van der Waals surface area contributed by atoms with Crippen LogP contribution in [-0.4, -0.2) is 35.6 Å². The zero-order valence-electron chi connectivity index (χ0n) is 13.7. The number of para-hydroxylation sites is 2. The number of nitrogens with zero attached hydrogens (tertiary/aromatic N) is 2. The molecule has 1 atom stereocenters. The van der Waals surface area contributed by atoms with Crippen molar-refractivity contribution in [2.45, 2.75) is 18.9 Å². The van der Waals surface area contributed by atoms with Crippen LogP contribution in [0.3, 0.4) is 0 Å². The summed E-state index contributed by atoms with van der Waals surface area (Å²) in [7, 11) is 3.66. The largest absolute Gasteiger partial charge is 0.495 e. The molecule has 3 rings (SSSR count). The molecule has 1 N–H and O–H groups in total. The van der Waals surface area contributed by atoms with Crippen molar-refractivity contribution < 1.29 is 9.53 Å². The summed E-state index contributed by atoms with van der Waals surface area (Å²) in [6, 6.07) is 12.0. The maximum absolute atomic E-state index is 12.4. The molecule has 5 heteroatoms. The number of nitrogens with one attached hydrogen (secondary N) is 1. The van der Waals surface area contributed by atoms with E-state index in [0.29, 0.717) is 18.3 Å². The van der Waals surface area contributed by atoms with Crippen LogP contribution >= 0.6 is 0 Å². The van der Waals surface area contributed by atoms with Gasteiger partial charge in [0.15, 0.2) is 0 Å². The lowest BCUT2D eigenvalue weighted by molar-refractivity contribution is -0.117. The molecule has 0 spiro atoms. The lowest BCUT2D eigenvalue weighted by atomic mass is 10.1. The number of methoxy groups -OCH3 is 1. The van der Waals surface area contributed by atoms with Crippen LogP contribution in [0.2, 0.25) is 0 Å². The first kappa shape index (κ1) is 15.6. The number of anilines is 1. The molecule has 5 nitrogen and oxygen atoms in total. The molecule has 0 aliphatic carbocycles. The van der Waals surface area contributed by atoms with Gasteiger partial charge in [0.05, 0.1) is 25.4 Å². The number of benzene rings is 1. The van der Waals surface area contributed by atoms with Crippen LogP contribution in [0.15, 0.2) is 42.6 Å². The van der Waals surface area contributed by atoms with Crippen LogP contribution in [0.5, 0.6) is 5.75 Å². The lowest BCUT2D eigenvalue weighted by Crippen LogP contribution is -2.33. The number of amides is 1. The number of carbonyl (C=O) groups excluding carboxylic acids is 1.